The van der Waals surface area contributed by atoms with Crippen LogP contribution < -0.4 is 4.90 Å². The molecule has 24 heavy (non-hydrogen) atoms. The second kappa shape index (κ2) is 8.29. The Morgan fingerprint density at radius 2 is 1.38 bits per heavy atom. The van der Waals surface area contributed by atoms with E-state index in [9.17, 15) is 13.6 Å². The summed E-state index contributed by atoms with van der Waals surface area (Å²) in [5.41, 5.74) is 2.27. The van der Waals surface area contributed by atoms with Crippen molar-refractivity contribution in [1.29, 1.82) is 0 Å². The number of rotatable bonds is 7. The Morgan fingerprint density at radius 1 is 0.917 bits per heavy atom. The van der Waals surface area contributed by atoms with Gasteiger partial charge < -0.3 is 4.90 Å². The molecule has 6 heteroatoms. The molecule has 0 aliphatic rings. The fourth-order valence-electron chi connectivity index (χ4n) is 2.25. The highest BCUT2D eigenvalue weighted by atomic mass is 19.3. The van der Waals surface area contributed by atoms with E-state index in [-0.39, 0.29) is 5.56 Å². The van der Waals surface area contributed by atoms with Gasteiger partial charge in [-0.3, -0.25) is 4.79 Å². The van der Waals surface area contributed by atoms with E-state index in [1.165, 1.54) is 24.3 Å². The molecule has 0 aliphatic heterocycles. The third kappa shape index (κ3) is 4.44. The smallest absolute Gasteiger partial charge is 0.300 e. The molecule has 0 bridgehead atoms. The molecule has 0 aromatic heterocycles. The van der Waals surface area contributed by atoms with Crippen LogP contribution in [0, 0.1) is 0 Å². The van der Waals surface area contributed by atoms with Crippen LogP contribution in [-0.2, 0) is 0 Å². The lowest BCUT2D eigenvalue weighted by atomic mass is 10.1. The number of carbonyl (C=O) groups is 1. The van der Waals surface area contributed by atoms with E-state index in [1.807, 2.05) is 24.3 Å². The molecule has 0 radical (unpaired) electrons. The Kier molecular flexibility index (Phi) is 6.12. The standard InChI is InChI=1S/C18H19F2N3O/c1-3-23(4-2)16-11-9-15(10-12-16)22-21-14-7-5-13(6-8-14)17(24)18(19)20/h5-12,18H,3-4H2,1-2H3. The number of benzene rings is 2. The monoisotopic (exact) mass is 331 g/mol. The van der Waals surface area contributed by atoms with Crippen molar-refractivity contribution in [2.24, 2.45) is 10.2 Å². The van der Waals surface area contributed by atoms with Gasteiger partial charge in [0.2, 0.25) is 5.78 Å². The maximum atomic E-state index is 12.3. The molecule has 0 atom stereocenters. The van der Waals surface area contributed by atoms with Gasteiger partial charge in [-0.25, -0.2) is 8.78 Å². The predicted molar refractivity (Wildman–Crippen MR) is 91.0 cm³/mol. The first-order valence-electron chi connectivity index (χ1n) is 7.74. The van der Waals surface area contributed by atoms with Crippen LogP contribution in [0.15, 0.2) is 58.8 Å². The molecule has 2 aromatic rings. The summed E-state index contributed by atoms with van der Waals surface area (Å²) in [5, 5.41) is 8.16. The molecule has 0 saturated heterocycles. The zero-order valence-electron chi connectivity index (χ0n) is 13.6. The molecule has 2 rings (SSSR count). The van der Waals surface area contributed by atoms with Crippen LogP contribution in [0.5, 0.6) is 0 Å². The van der Waals surface area contributed by atoms with Gasteiger partial charge in [-0.2, -0.15) is 10.2 Å². The highest BCUT2D eigenvalue weighted by Gasteiger charge is 2.17. The van der Waals surface area contributed by atoms with E-state index in [2.05, 4.69) is 29.0 Å². The van der Waals surface area contributed by atoms with Gasteiger partial charge in [0.25, 0.3) is 0 Å². The summed E-state index contributed by atoms with van der Waals surface area (Å²) in [5.74, 6) is -1.19. The van der Waals surface area contributed by atoms with E-state index in [0.29, 0.717) is 11.4 Å². The summed E-state index contributed by atoms with van der Waals surface area (Å²) < 4.78 is 24.7. The van der Waals surface area contributed by atoms with Crippen molar-refractivity contribution in [3.8, 4) is 0 Å². The zero-order chi connectivity index (χ0) is 17.5. The zero-order valence-corrected chi connectivity index (χ0v) is 13.6. The molecule has 0 fully saturated rings. The van der Waals surface area contributed by atoms with Gasteiger partial charge in [0.05, 0.1) is 11.4 Å². The Morgan fingerprint density at radius 3 is 1.79 bits per heavy atom. The van der Waals surface area contributed by atoms with E-state index >= 15 is 0 Å². The molecule has 0 heterocycles. The summed E-state index contributed by atoms with van der Waals surface area (Å²) in [4.78, 5) is 13.4. The van der Waals surface area contributed by atoms with E-state index in [4.69, 9.17) is 0 Å². The lowest BCUT2D eigenvalue weighted by Crippen LogP contribution is -2.21. The van der Waals surface area contributed by atoms with E-state index in [1.54, 1.807) is 0 Å². The molecule has 126 valence electrons. The minimum atomic E-state index is -3.00. The quantitative estimate of drug-likeness (QED) is 0.504. The average molecular weight is 331 g/mol. The highest BCUT2D eigenvalue weighted by Crippen LogP contribution is 2.22. The number of halogens is 2. The van der Waals surface area contributed by atoms with Gasteiger partial charge in [-0.05, 0) is 62.4 Å². The van der Waals surface area contributed by atoms with Crippen LogP contribution in [0.25, 0.3) is 0 Å². The molecule has 2 aromatic carbocycles. The van der Waals surface area contributed by atoms with Crippen molar-refractivity contribution in [2.45, 2.75) is 20.3 Å². The normalized spacial score (nSPS) is 11.2. The van der Waals surface area contributed by atoms with Crippen LogP contribution in [0.4, 0.5) is 25.8 Å². The molecule has 0 unspecified atom stereocenters. The first-order valence-corrected chi connectivity index (χ1v) is 7.74. The summed E-state index contributed by atoms with van der Waals surface area (Å²) in [6.07, 6.45) is -3.00. The van der Waals surface area contributed by atoms with Gasteiger partial charge in [-0.15, -0.1) is 0 Å². The summed E-state index contributed by atoms with van der Waals surface area (Å²) in [6.45, 7) is 6.06. The maximum Gasteiger partial charge on any atom is 0.300 e. The van der Waals surface area contributed by atoms with Gasteiger partial charge >= 0.3 is 6.43 Å². The maximum absolute atomic E-state index is 12.3. The van der Waals surface area contributed by atoms with Crippen LogP contribution in [0.2, 0.25) is 0 Å². The largest absolute Gasteiger partial charge is 0.372 e. The number of ketones is 1. The Labute approximate surface area is 139 Å². The summed E-state index contributed by atoms with van der Waals surface area (Å²) in [6, 6.07) is 13.3. The minimum absolute atomic E-state index is 0.0347. The molecular formula is C18H19F2N3O. The SMILES string of the molecule is CCN(CC)c1ccc(N=Nc2ccc(C(=O)C(F)F)cc2)cc1. The lowest BCUT2D eigenvalue weighted by Gasteiger charge is -2.20. The topological polar surface area (TPSA) is 45.0 Å². The van der Waals surface area contributed by atoms with Crippen molar-refractivity contribution >= 4 is 22.8 Å². The number of anilines is 1. The van der Waals surface area contributed by atoms with Crippen LogP contribution >= 0.6 is 0 Å². The van der Waals surface area contributed by atoms with E-state index < -0.39 is 12.2 Å². The molecule has 0 N–H and O–H groups in total. The third-order valence-electron chi connectivity index (χ3n) is 3.61. The number of azo groups is 1. The molecule has 0 aliphatic carbocycles. The van der Waals surface area contributed by atoms with Gasteiger partial charge in [-0.1, -0.05) is 0 Å². The van der Waals surface area contributed by atoms with Crippen LogP contribution in [0.1, 0.15) is 24.2 Å². The third-order valence-corrected chi connectivity index (χ3v) is 3.61. The van der Waals surface area contributed by atoms with Crippen molar-refractivity contribution in [3.63, 3.8) is 0 Å². The number of Topliss-reactive ketones (excluding diaryl/α,β-unsaturated/α-hetero) is 1. The fraction of sp³-hybridized carbons (Fsp3) is 0.278. The Hall–Kier alpha value is -2.63. The van der Waals surface area contributed by atoms with Crippen LogP contribution in [-0.4, -0.2) is 25.3 Å². The van der Waals surface area contributed by atoms with E-state index in [0.717, 1.165) is 18.8 Å². The van der Waals surface area contributed by atoms with Gasteiger partial charge in [0.15, 0.2) is 0 Å². The van der Waals surface area contributed by atoms with Gasteiger partial charge in [0, 0.05) is 24.3 Å². The minimum Gasteiger partial charge on any atom is -0.372 e. The summed E-state index contributed by atoms with van der Waals surface area (Å²) >= 11 is 0. The highest BCUT2D eigenvalue weighted by molar-refractivity contribution is 5.98. The Balaban J connectivity index is 2.06. The first kappa shape index (κ1) is 17.7. The van der Waals surface area contributed by atoms with Crippen molar-refractivity contribution in [3.05, 3.63) is 54.1 Å². The number of hydrogen-bond acceptors (Lipinski definition) is 4. The Bertz CT molecular complexity index is 693. The fourth-order valence-corrected chi connectivity index (χ4v) is 2.25. The molecule has 4 nitrogen and oxygen atoms in total. The number of nitrogens with zero attached hydrogens (tertiary/aromatic N) is 3. The molecule has 0 saturated carbocycles. The number of hydrogen-bond donors (Lipinski definition) is 0. The number of alkyl halides is 2. The second-order valence-corrected chi connectivity index (χ2v) is 5.10. The summed E-state index contributed by atoms with van der Waals surface area (Å²) in [7, 11) is 0. The first-order chi connectivity index (χ1) is 11.5. The molecule has 0 amide bonds. The van der Waals surface area contributed by atoms with Crippen LogP contribution in [0.3, 0.4) is 0 Å². The average Bonchev–Trinajstić information content (AvgIpc) is 2.62. The van der Waals surface area contributed by atoms with Crippen molar-refractivity contribution < 1.29 is 13.6 Å². The predicted octanol–water partition coefficient (Wildman–Crippen LogP) is 5.40. The van der Waals surface area contributed by atoms with Crippen molar-refractivity contribution in [1.82, 2.24) is 0 Å². The second-order valence-electron chi connectivity index (χ2n) is 5.10. The molecule has 0 spiro atoms. The molecular weight excluding hydrogens is 312 g/mol. The lowest BCUT2D eigenvalue weighted by molar-refractivity contribution is 0.0679. The van der Waals surface area contributed by atoms with Crippen molar-refractivity contribution in [2.75, 3.05) is 18.0 Å². The number of carbonyl (C=O) groups excluding carboxylic acids is 1. The van der Waals surface area contributed by atoms with Gasteiger partial charge in [0.1, 0.15) is 0 Å².